The molecule has 0 radical (unpaired) electrons. The smallest absolute Gasteiger partial charge is 0.412 e. The second-order valence-electron chi connectivity index (χ2n) is 6.92. The van der Waals surface area contributed by atoms with Crippen LogP contribution >= 0.6 is 12.4 Å². The lowest BCUT2D eigenvalue weighted by molar-refractivity contribution is 0.0605. The summed E-state index contributed by atoms with van der Waals surface area (Å²) in [6.07, 6.45) is 7.41. The number of amides is 1. The van der Waals surface area contributed by atoms with E-state index >= 15 is 0 Å². The zero-order chi connectivity index (χ0) is 18.6. The van der Waals surface area contributed by atoms with Crippen LogP contribution in [0.2, 0.25) is 0 Å². The minimum atomic E-state index is -0.390. The minimum absolute atomic E-state index is 0. The van der Waals surface area contributed by atoms with Crippen LogP contribution in [0.25, 0.3) is 0 Å². The molecule has 1 amide bonds. The van der Waals surface area contributed by atoms with Crippen LogP contribution in [-0.2, 0) is 4.74 Å². The van der Waals surface area contributed by atoms with Gasteiger partial charge in [-0.3, -0.25) is 5.32 Å². The van der Waals surface area contributed by atoms with E-state index in [1.807, 2.05) is 24.3 Å². The SMILES string of the molecule is CCCCCCCOc1ccccc1NC(=O)OC1CCN(CC)CC1.Cl. The number of anilines is 1. The first-order valence-corrected chi connectivity index (χ1v) is 10.1. The Morgan fingerprint density at radius 2 is 1.81 bits per heavy atom. The number of nitrogens with one attached hydrogen (secondary N) is 1. The summed E-state index contributed by atoms with van der Waals surface area (Å²) < 4.78 is 11.4. The fourth-order valence-corrected chi connectivity index (χ4v) is 3.22. The maximum atomic E-state index is 12.2. The van der Waals surface area contributed by atoms with Crippen molar-refractivity contribution in [2.45, 2.75) is 64.9 Å². The third-order valence-electron chi connectivity index (χ3n) is 4.88. The average molecular weight is 399 g/mol. The normalized spacial score (nSPS) is 15.0. The summed E-state index contributed by atoms with van der Waals surface area (Å²) in [5.41, 5.74) is 0.678. The van der Waals surface area contributed by atoms with E-state index < -0.39 is 0 Å². The van der Waals surface area contributed by atoms with Crippen molar-refractivity contribution in [1.29, 1.82) is 0 Å². The lowest BCUT2D eigenvalue weighted by atomic mass is 10.1. The number of piperidine rings is 1. The van der Waals surface area contributed by atoms with Gasteiger partial charge in [-0.2, -0.15) is 0 Å². The summed E-state index contributed by atoms with van der Waals surface area (Å²) in [5, 5.41) is 2.84. The van der Waals surface area contributed by atoms with Crippen molar-refractivity contribution >= 4 is 24.2 Å². The molecule has 0 bridgehead atoms. The van der Waals surface area contributed by atoms with Crippen LogP contribution in [0.1, 0.15) is 58.8 Å². The van der Waals surface area contributed by atoms with E-state index in [1.54, 1.807) is 0 Å². The summed E-state index contributed by atoms with van der Waals surface area (Å²) in [6.45, 7) is 8.09. The Hall–Kier alpha value is -1.46. The van der Waals surface area contributed by atoms with Crippen LogP contribution in [0.3, 0.4) is 0 Å². The van der Waals surface area contributed by atoms with Crippen LogP contribution < -0.4 is 10.1 Å². The molecule has 0 atom stereocenters. The number of nitrogens with zero attached hydrogens (tertiary/aromatic N) is 1. The van der Waals surface area contributed by atoms with Gasteiger partial charge in [0, 0.05) is 13.1 Å². The van der Waals surface area contributed by atoms with Crippen molar-refractivity contribution in [1.82, 2.24) is 4.90 Å². The van der Waals surface area contributed by atoms with Gasteiger partial charge in [0.2, 0.25) is 0 Å². The van der Waals surface area contributed by atoms with E-state index in [0.29, 0.717) is 18.0 Å². The summed E-state index contributed by atoms with van der Waals surface area (Å²) >= 11 is 0. The zero-order valence-electron chi connectivity index (χ0n) is 16.7. The van der Waals surface area contributed by atoms with Crippen molar-refractivity contribution < 1.29 is 14.3 Å². The van der Waals surface area contributed by atoms with Gasteiger partial charge in [0.25, 0.3) is 0 Å². The Morgan fingerprint density at radius 1 is 1.11 bits per heavy atom. The van der Waals surface area contributed by atoms with E-state index in [-0.39, 0.29) is 24.6 Å². The Balaban J connectivity index is 0.00000364. The van der Waals surface area contributed by atoms with Gasteiger partial charge in [-0.05, 0) is 37.9 Å². The van der Waals surface area contributed by atoms with Gasteiger partial charge in [-0.25, -0.2) is 4.79 Å². The first-order valence-electron chi connectivity index (χ1n) is 10.1. The average Bonchev–Trinajstić information content (AvgIpc) is 2.66. The Kier molecular flexibility index (Phi) is 11.9. The van der Waals surface area contributed by atoms with E-state index in [1.165, 1.54) is 25.7 Å². The van der Waals surface area contributed by atoms with Gasteiger partial charge >= 0.3 is 6.09 Å². The van der Waals surface area contributed by atoms with Gasteiger partial charge in [-0.1, -0.05) is 51.7 Å². The Morgan fingerprint density at radius 3 is 2.52 bits per heavy atom. The highest BCUT2D eigenvalue weighted by Gasteiger charge is 2.21. The largest absolute Gasteiger partial charge is 0.491 e. The number of carbonyl (C=O) groups excluding carboxylic acids is 1. The minimum Gasteiger partial charge on any atom is -0.491 e. The second-order valence-corrected chi connectivity index (χ2v) is 6.92. The quantitative estimate of drug-likeness (QED) is 0.529. The van der Waals surface area contributed by atoms with E-state index in [2.05, 4.69) is 24.1 Å². The van der Waals surface area contributed by atoms with E-state index in [4.69, 9.17) is 9.47 Å². The molecule has 1 aromatic carbocycles. The molecule has 6 heteroatoms. The molecule has 0 saturated carbocycles. The van der Waals surface area contributed by atoms with Gasteiger partial charge < -0.3 is 14.4 Å². The molecule has 1 heterocycles. The summed E-state index contributed by atoms with van der Waals surface area (Å²) in [6, 6.07) is 7.56. The summed E-state index contributed by atoms with van der Waals surface area (Å²) in [5.74, 6) is 0.709. The van der Waals surface area contributed by atoms with Crippen molar-refractivity contribution in [2.24, 2.45) is 0 Å². The Bertz CT molecular complexity index is 534. The van der Waals surface area contributed by atoms with Gasteiger partial charge in [0.05, 0.1) is 12.3 Å². The van der Waals surface area contributed by atoms with Crippen LogP contribution in [0, 0.1) is 0 Å². The lowest BCUT2D eigenvalue weighted by Crippen LogP contribution is -2.38. The standard InChI is InChI=1S/C21H34N2O3.ClH/c1-3-5-6-7-10-17-25-20-12-9-8-11-19(20)22-21(24)26-18-13-15-23(4-2)16-14-18;/h8-9,11-12,18H,3-7,10,13-17H2,1-2H3,(H,22,24);1H. The number of halogens is 1. The number of unbranched alkanes of at least 4 members (excludes halogenated alkanes) is 4. The molecule has 154 valence electrons. The first kappa shape index (κ1) is 23.6. The second kappa shape index (κ2) is 13.7. The van der Waals surface area contributed by atoms with Gasteiger partial charge in [0.15, 0.2) is 0 Å². The number of hydrogen-bond acceptors (Lipinski definition) is 4. The number of para-hydroxylation sites is 2. The van der Waals surface area contributed by atoms with Crippen molar-refractivity contribution in [2.75, 3.05) is 31.6 Å². The highest BCUT2D eigenvalue weighted by atomic mass is 35.5. The molecule has 0 spiro atoms. The summed E-state index contributed by atoms with van der Waals surface area (Å²) in [7, 11) is 0. The molecular formula is C21H35ClN2O3. The lowest BCUT2D eigenvalue weighted by Gasteiger charge is -2.30. The predicted octanol–water partition coefficient (Wildman–Crippen LogP) is 5.49. The molecule has 27 heavy (non-hydrogen) atoms. The molecule has 5 nitrogen and oxygen atoms in total. The third kappa shape index (κ3) is 8.85. The highest BCUT2D eigenvalue weighted by molar-refractivity contribution is 5.86. The molecule has 2 rings (SSSR count). The maximum absolute atomic E-state index is 12.2. The number of rotatable bonds is 10. The van der Waals surface area contributed by atoms with Gasteiger partial charge in [-0.15, -0.1) is 12.4 Å². The molecule has 1 fully saturated rings. The molecule has 0 aromatic heterocycles. The third-order valence-corrected chi connectivity index (χ3v) is 4.88. The van der Waals surface area contributed by atoms with E-state index in [9.17, 15) is 4.79 Å². The molecule has 1 N–H and O–H groups in total. The first-order chi connectivity index (χ1) is 12.7. The number of benzene rings is 1. The fraction of sp³-hybridized carbons (Fsp3) is 0.667. The number of ether oxygens (including phenoxy) is 2. The molecule has 1 aliphatic heterocycles. The molecule has 1 aromatic rings. The molecule has 1 aliphatic rings. The van der Waals surface area contributed by atoms with Crippen LogP contribution in [0.15, 0.2) is 24.3 Å². The van der Waals surface area contributed by atoms with Crippen LogP contribution in [0.4, 0.5) is 10.5 Å². The number of likely N-dealkylation sites (tertiary alicyclic amines) is 1. The van der Waals surface area contributed by atoms with Gasteiger partial charge in [0.1, 0.15) is 11.9 Å². The monoisotopic (exact) mass is 398 g/mol. The molecule has 0 aliphatic carbocycles. The number of hydrogen-bond donors (Lipinski definition) is 1. The summed E-state index contributed by atoms with van der Waals surface area (Å²) in [4.78, 5) is 14.6. The zero-order valence-corrected chi connectivity index (χ0v) is 17.6. The predicted molar refractivity (Wildman–Crippen MR) is 113 cm³/mol. The van der Waals surface area contributed by atoms with Crippen LogP contribution in [-0.4, -0.2) is 43.3 Å². The van der Waals surface area contributed by atoms with Crippen molar-refractivity contribution in [3.8, 4) is 5.75 Å². The highest BCUT2D eigenvalue weighted by Crippen LogP contribution is 2.25. The van der Waals surface area contributed by atoms with Crippen LogP contribution in [0.5, 0.6) is 5.75 Å². The molecule has 1 saturated heterocycles. The maximum Gasteiger partial charge on any atom is 0.412 e. The van der Waals surface area contributed by atoms with E-state index in [0.717, 1.165) is 38.9 Å². The fourth-order valence-electron chi connectivity index (χ4n) is 3.22. The topological polar surface area (TPSA) is 50.8 Å². The number of carbonyl (C=O) groups is 1. The van der Waals surface area contributed by atoms with Crippen molar-refractivity contribution in [3.05, 3.63) is 24.3 Å². The molecule has 0 unspecified atom stereocenters. The molecular weight excluding hydrogens is 364 g/mol. The van der Waals surface area contributed by atoms with Crippen molar-refractivity contribution in [3.63, 3.8) is 0 Å². The Labute approximate surface area is 170 Å².